The standard InChI is InChI=1S/C14H14BrNO3S/c1-3-10-12(14(17)18)20-13(16-10)9-7-8(15)5-6-11(9)19-4-2/h5-7H,3-4H2,1-2H3,(H,17,18). The van der Waals surface area contributed by atoms with E-state index in [0.717, 1.165) is 10.0 Å². The first-order valence-corrected chi connectivity index (χ1v) is 7.83. The second-order valence-electron chi connectivity index (χ2n) is 4.03. The van der Waals surface area contributed by atoms with Gasteiger partial charge in [0.1, 0.15) is 15.6 Å². The number of hydrogen-bond acceptors (Lipinski definition) is 4. The lowest BCUT2D eigenvalue weighted by Crippen LogP contribution is -1.97. The highest BCUT2D eigenvalue weighted by Crippen LogP contribution is 2.36. The van der Waals surface area contributed by atoms with Crippen LogP contribution in [-0.2, 0) is 6.42 Å². The fourth-order valence-corrected chi connectivity index (χ4v) is 3.20. The third-order valence-electron chi connectivity index (χ3n) is 2.70. The normalized spacial score (nSPS) is 10.6. The van der Waals surface area contributed by atoms with E-state index in [1.165, 1.54) is 11.3 Å². The van der Waals surface area contributed by atoms with Crippen LogP contribution in [0.3, 0.4) is 0 Å². The van der Waals surface area contributed by atoms with E-state index in [9.17, 15) is 9.90 Å². The zero-order valence-electron chi connectivity index (χ0n) is 11.1. The highest BCUT2D eigenvalue weighted by atomic mass is 79.9. The molecule has 1 aromatic heterocycles. The molecular weight excluding hydrogens is 342 g/mol. The van der Waals surface area contributed by atoms with Crippen LogP contribution in [0, 0.1) is 0 Å². The van der Waals surface area contributed by atoms with E-state index < -0.39 is 5.97 Å². The molecule has 0 radical (unpaired) electrons. The van der Waals surface area contributed by atoms with Gasteiger partial charge < -0.3 is 9.84 Å². The van der Waals surface area contributed by atoms with Gasteiger partial charge >= 0.3 is 5.97 Å². The summed E-state index contributed by atoms with van der Waals surface area (Å²) >= 11 is 4.60. The molecule has 106 valence electrons. The molecule has 0 atom stereocenters. The monoisotopic (exact) mass is 355 g/mol. The molecule has 0 aliphatic heterocycles. The number of carboxylic acids is 1. The third kappa shape index (κ3) is 3.02. The molecule has 2 rings (SSSR count). The number of benzene rings is 1. The fraction of sp³-hybridized carbons (Fsp3) is 0.286. The van der Waals surface area contributed by atoms with Crippen LogP contribution in [0.5, 0.6) is 5.75 Å². The van der Waals surface area contributed by atoms with Crippen LogP contribution >= 0.6 is 27.3 Å². The molecule has 0 aliphatic carbocycles. The Hall–Kier alpha value is -1.40. The topological polar surface area (TPSA) is 59.4 Å². The van der Waals surface area contributed by atoms with Crippen LogP contribution in [0.1, 0.15) is 29.2 Å². The maximum absolute atomic E-state index is 11.2. The maximum Gasteiger partial charge on any atom is 0.347 e. The van der Waals surface area contributed by atoms with Gasteiger partial charge in [-0.25, -0.2) is 9.78 Å². The molecule has 20 heavy (non-hydrogen) atoms. The van der Waals surface area contributed by atoms with Crippen LogP contribution in [0.25, 0.3) is 10.6 Å². The molecular formula is C14H14BrNO3S. The molecule has 1 N–H and O–H groups in total. The largest absolute Gasteiger partial charge is 0.493 e. The van der Waals surface area contributed by atoms with Gasteiger partial charge in [-0.1, -0.05) is 22.9 Å². The maximum atomic E-state index is 11.2. The smallest absolute Gasteiger partial charge is 0.347 e. The van der Waals surface area contributed by atoms with Gasteiger partial charge in [-0.15, -0.1) is 11.3 Å². The minimum atomic E-state index is -0.932. The molecule has 1 heterocycles. The van der Waals surface area contributed by atoms with Crippen molar-refractivity contribution in [3.8, 4) is 16.3 Å². The van der Waals surface area contributed by atoms with Gasteiger partial charge in [-0.05, 0) is 31.5 Å². The highest BCUT2D eigenvalue weighted by molar-refractivity contribution is 9.10. The minimum Gasteiger partial charge on any atom is -0.493 e. The number of rotatable bonds is 5. The molecule has 0 spiro atoms. The van der Waals surface area contributed by atoms with Crippen molar-refractivity contribution in [3.05, 3.63) is 33.2 Å². The Morgan fingerprint density at radius 2 is 2.20 bits per heavy atom. The lowest BCUT2D eigenvalue weighted by molar-refractivity contribution is 0.0701. The highest BCUT2D eigenvalue weighted by Gasteiger charge is 2.19. The summed E-state index contributed by atoms with van der Waals surface area (Å²) in [5.74, 6) is -0.220. The molecule has 0 bridgehead atoms. The number of halogens is 1. The van der Waals surface area contributed by atoms with E-state index in [1.807, 2.05) is 32.0 Å². The zero-order chi connectivity index (χ0) is 14.7. The van der Waals surface area contributed by atoms with Crippen LogP contribution < -0.4 is 4.74 Å². The quantitative estimate of drug-likeness (QED) is 0.871. The van der Waals surface area contributed by atoms with Crippen molar-refractivity contribution in [2.45, 2.75) is 20.3 Å². The number of thiazole rings is 1. The summed E-state index contributed by atoms with van der Waals surface area (Å²) in [6, 6.07) is 5.65. The Labute approximate surface area is 129 Å². The molecule has 0 saturated carbocycles. The molecule has 0 unspecified atom stereocenters. The second kappa shape index (κ2) is 6.37. The molecule has 2 aromatic rings. The Balaban J connectivity index is 2.55. The summed E-state index contributed by atoms with van der Waals surface area (Å²) in [4.78, 5) is 16.0. The van der Waals surface area contributed by atoms with E-state index >= 15 is 0 Å². The average Bonchev–Trinajstić information content (AvgIpc) is 2.85. The number of aromatic carboxylic acids is 1. The van der Waals surface area contributed by atoms with Gasteiger partial charge in [-0.3, -0.25) is 0 Å². The van der Waals surface area contributed by atoms with Gasteiger partial charge in [0.25, 0.3) is 0 Å². The second-order valence-corrected chi connectivity index (χ2v) is 5.94. The molecule has 0 amide bonds. The number of aromatic nitrogens is 1. The number of ether oxygens (including phenoxy) is 1. The number of hydrogen-bond donors (Lipinski definition) is 1. The van der Waals surface area contributed by atoms with E-state index in [0.29, 0.717) is 34.4 Å². The van der Waals surface area contributed by atoms with Crippen molar-refractivity contribution in [1.82, 2.24) is 4.98 Å². The number of aryl methyl sites for hydroxylation is 1. The van der Waals surface area contributed by atoms with Crippen molar-refractivity contribution in [1.29, 1.82) is 0 Å². The van der Waals surface area contributed by atoms with Crippen LogP contribution in [0.2, 0.25) is 0 Å². The lowest BCUT2D eigenvalue weighted by atomic mass is 10.2. The molecule has 4 nitrogen and oxygen atoms in total. The number of nitrogens with zero attached hydrogens (tertiary/aromatic N) is 1. The molecule has 6 heteroatoms. The van der Waals surface area contributed by atoms with Crippen LogP contribution in [-0.4, -0.2) is 22.7 Å². The number of carboxylic acid groups (broad SMARTS) is 1. The van der Waals surface area contributed by atoms with Gasteiger partial charge in [0.2, 0.25) is 0 Å². The number of carbonyl (C=O) groups is 1. The molecule has 0 saturated heterocycles. The SMILES string of the molecule is CCOc1ccc(Br)cc1-c1nc(CC)c(C(=O)O)s1. The van der Waals surface area contributed by atoms with Crippen LogP contribution in [0.4, 0.5) is 0 Å². The van der Waals surface area contributed by atoms with Crippen molar-refractivity contribution in [2.24, 2.45) is 0 Å². The van der Waals surface area contributed by atoms with E-state index in [2.05, 4.69) is 20.9 Å². The Bertz CT molecular complexity index is 639. The molecule has 1 aromatic carbocycles. The summed E-state index contributed by atoms with van der Waals surface area (Å²) in [7, 11) is 0. The van der Waals surface area contributed by atoms with Crippen molar-refractivity contribution < 1.29 is 14.6 Å². The van der Waals surface area contributed by atoms with Crippen molar-refractivity contribution in [2.75, 3.05) is 6.61 Å². The molecule has 0 aliphatic rings. The summed E-state index contributed by atoms with van der Waals surface area (Å²) < 4.78 is 6.49. The van der Waals surface area contributed by atoms with E-state index in [4.69, 9.17) is 4.74 Å². The van der Waals surface area contributed by atoms with Crippen molar-refractivity contribution >= 4 is 33.2 Å². The van der Waals surface area contributed by atoms with Crippen molar-refractivity contribution in [3.63, 3.8) is 0 Å². The predicted molar refractivity (Wildman–Crippen MR) is 82.8 cm³/mol. The van der Waals surface area contributed by atoms with Gasteiger partial charge in [0, 0.05) is 4.47 Å². The summed E-state index contributed by atoms with van der Waals surface area (Å²) in [5, 5.41) is 9.88. The summed E-state index contributed by atoms with van der Waals surface area (Å²) in [6.07, 6.45) is 0.593. The van der Waals surface area contributed by atoms with E-state index in [-0.39, 0.29) is 0 Å². The van der Waals surface area contributed by atoms with Crippen LogP contribution in [0.15, 0.2) is 22.7 Å². The first-order chi connectivity index (χ1) is 9.56. The van der Waals surface area contributed by atoms with Gasteiger partial charge in [0.05, 0.1) is 17.9 Å². The molecule has 0 fully saturated rings. The summed E-state index contributed by atoms with van der Waals surface area (Å²) in [6.45, 7) is 4.36. The minimum absolute atomic E-state index is 0.296. The first-order valence-electron chi connectivity index (χ1n) is 6.22. The Morgan fingerprint density at radius 3 is 2.75 bits per heavy atom. The average molecular weight is 356 g/mol. The fourth-order valence-electron chi connectivity index (χ4n) is 1.82. The lowest BCUT2D eigenvalue weighted by Gasteiger charge is -2.08. The van der Waals surface area contributed by atoms with Gasteiger partial charge in [-0.2, -0.15) is 0 Å². The Morgan fingerprint density at radius 1 is 1.45 bits per heavy atom. The first kappa shape index (κ1) is 15.0. The van der Waals surface area contributed by atoms with E-state index in [1.54, 1.807) is 0 Å². The summed E-state index contributed by atoms with van der Waals surface area (Å²) in [5.41, 5.74) is 1.42. The third-order valence-corrected chi connectivity index (χ3v) is 4.31. The van der Waals surface area contributed by atoms with Gasteiger partial charge in [0.15, 0.2) is 0 Å². The Kier molecular flexibility index (Phi) is 4.77. The predicted octanol–water partition coefficient (Wildman–Crippen LogP) is 4.23. The zero-order valence-corrected chi connectivity index (χ0v) is 13.5.